The molecule has 0 fully saturated rings. The molecule has 0 aromatic rings. The van der Waals surface area contributed by atoms with Crippen LogP contribution in [-0.2, 0) is 0 Å². The Bertz CT molecular complexity index is 27.3. The fourth-order valence-electron chi connectivity index (χ4n) is 0.289. The first-order valence-electron chi connectivity index (χ1n) is 2.81. The van der Waals surface area contributed by atoms with E-state index in [1.807, 2.05) is 0 Å². The highest BCUT2D eigenvalue weighted by Crippen LogP contribution is 2.03. The molecule has 0 heterocycles. The lowest BCUT2D eigenvalue weighted by atomic mass is 10.4. The normalized spacial score (nSPS) is 11.3. The molecule has 2 heteroatoms. The maximum Gasteiger partial charge on any atom is 0.364 e. The van der Waals surface area contributed by atoms with Crippen molar-refractivity contribution >= 4 is 37.3 Å². The molecule has 7 heavy (non-hydrogen) atoms. The first-order chi connectivity index (χ1) is 2.81. The summed E-state index contributed by atoms with van der Waals surface area (Å²) in [6, 6.07) is 0. The monoisotopic (exact) mass is 176 g/mol. The highest BCUT2D eigenvalue weighted by atomic mass is 79.9. The molecule has 0 rings (SSSR count). The van der Waals surface area contributed by atoms with E-state index in [1.54, 1.807) is 0 Å². The second-order valence-corrected chi connectivity index (χ2v) is 4.13. The maximum absolute atomic E-state index is 2.37. The average Bonchev–Trinajstić information content (AvgIpc) is 1.65. The van der Waals surface area contributed by atoms with Crippen LogP contribution in [0.15, 0.2) is 0 Å². The molecule has 0 aromatic heterocycles. The number of rotatable bonds is 2. The van der Waals surface area contributed by atoms with E-state index >= 15 is 0 Å². The van der Waals surface area contributed by atoms with Gasteiger partial charge in [-0.3, -0.25) is 0 Å². The SMILES string of the molecule is Br.CC[CH](C)[Mg][CH3]. The third kappa shape index (κ3) is 7.25. The van der Waals surface area contributed by atoms with Crippen LogP contribution in [0, 0.1) is 0 Å². The molecule has 0 saturated carbocycles. The zero-order valence-electron chi connectivity index (χ0n) is 5.40. The van der Waals surface area contributed by atoms with Crippen LogP contribution >= 0.6 is 17.0 Å². The summed E-state index contributed by atoms with van der Waals surface area (Å²) in [5.74, 6) is 0. The molecule has 1 atom stereocenters. The molecule has 0 aliphatic carbocycles. The summed E-state index contributed by atoms with van der Waals surface area (Å²) in [5.41, 5.74) is 0. The Morgan fingerprint density at radius 1 is 1.57 bits per heavy atom. The summed E-state index contributed by atoms with van der Waals surface area (Å²) >= 11 is 0.338. The van der Waals surface area contributed by atoms with Crippen molar-refractivity contribution in [3.8, 4) is 0 Å². The molecule has 0 N–H and O–H groups in total. The van der Waals surface area contributed by atoms with Gasteiger partial charge in [-0.15, -0.1) is 21.0 Å². The van der Waals surface area contributed by atoms with Crippen LogP contribution in [0.25, 0.3) is 0 Å². The van der Waals surface area contributed by atoms with Crippen LogP contribution in [-0.4, -0.2) is 20.4 Å². The highest BCUT2D eigenvalue weighted by molar-refractivity contribution is 8.93. The van der Waals surface area contributed by atoms with Crippen molar-refractivity contribution in [1.29, 1.82) is 0 Å². The average molecular weight is 177 g/mol. The summed E-state index contributed by atoms with van der Waals surface area (Å²) < 4.78 is 1.07. The topological polar surface area (TPSA) is 0 Å². The third-order valence-corrected chi connectivity index (χ3v) is 3.37. The minimum absolute atomic E-state index is 0. The molecule has 0 nitrogen and oxygen atoms in total. The van der Waals surface area contributed by atoms with Gasteiger partial charge in [-0.05, 0) is 0 Å². The van der Waals surface area contributed by atoms with Crippen molar-refractivity contribution in [3.63, 3.8) is 0 Å². The Kier molecular flexibility index (Phi) is 11.5. The van der Waals surface area contributed by atoms with Gasteiger partial charge in [0.15, 0.2) is 0 Å². The van der Waals surface area contributed by atoms with Crippen LogP contribution in [0.4, 0.5) is 0 Å². The third-order valence-electron chi connectivity index (χ3n) is 1.39. The Labute approximate surface area is 66.6 Å². The van der Waals surface area contributed by atoms with Crippen molar-refractivity contribution in [2.75, 3.05) is 0 Å². The van der Waals surface area contributed by atoms with E-state index in [1.165, 1.54) is 6.42 Å². The Balaban J connectivity index is 0. The maximum atomic E-state index is 2.37. The summed E-state index contributed by atoms with van der Waals surface area (Å²) in [6.45, 7) is 4.60. The van der Waals surface area contributed by atoms with Crippen molar-refractivity contribution in [2.45, 2.75) is 29.4 Å². The fourth-order valence-corrected chi connectivity index (χ4v) is 0.866. The van der Waals surface area contributed by atoms with E-state index in [2.05, 4.69) is 18.9 Å². The molecule has 0 amide bonds. The molecule has 0 aromatic carbocycles. The van der Waals surface area contributed by atoms with Crippen LogP contribution in [0.5, 0.6) is 0 Å². The zero-order valence-corrected chi connectivity index (χ0v) is 8.53. The number of hydrogen-bond acceptors (Lipinski definition) is 0. The van der Waals surface area contributed by atoms with Gasteiger partial charge in [0, 0.05) is 0 Å². The van der Waals surface area contributed by atoms with E-state index in [-0.39, 0.29) is 17.0 Å². The molecule has 0 aliphatic heterocycles. The summed E-state index contributed by atoms with van der Waals surface area (Å²) in [7, 11) is 0. The van der Waals surface area contributed by atoms with E-state index in [4.69, 9.17) is 0 Å². The summed E-state index contributed by atoms with van der Waals surface area (Å²) in [6.07, 6.45) is 1.39. The molecular weight excluding hydrogens is 164 g/mol. The summed E-state index contributed by atoms with van der Waals surface area (Å²) in [4.78, 5) is 0. The molecule has 0 spiro atoms. The second-order valence-electron chi connectivity index (χ2n) is 1.92. The Hall–Kier alpha value is 1.25. The van der Waals surface area contributed by atoms with Crippen molar-refractivity contribution < 1.29 is 0 Å². The van der Waals surface area contributed by atoms with Crippen molar-refractivity contribution in [3.05, 3.63) is 0 Å². The van der Waals surface area contributed by atoms with Gasteiger partial charge in [-0.2, -0.15) is 5.05 Å². The van der Waals surface area contributed by atoms with Gasteiger partial charge in [-0.25, -0.2) is 0 Å². The summed E-state index contributed by atoms with van der Waals surface area (Å²) in [5, 5.41) is 2.37. The Morgan fingerprint density at radius 3 is 2.00 bits per heavy atom. The molecule has 0 radical (unpaired) electrons. The minimum Gasteiger partial charge on any atom is -0.157 e. The largest absolute Gasteiger partial charge is 0.364 e. The van der Waals surface area contributed by atoms with Crippen LogP contribution < -0.4 is 0 Å². The van der Waals surface area contributed by atoms with Gasteiger partial charge in [0.25, 0.3) is 0 Å². The highest BCUT2D eigenvalue weighted by Gasteiger charge is 1.94. The fraction of sp³-hybridized carbons (Fsp3) is 1.00. The number of halogens is 1. The predicted molar refractivity (Wildman–Crippen MR) is 41.7 cm³/mol. The minimum atomic E-state index is 0. The van der Waals surface area contributed by atoms with E-state index < -0.39 is 0 Å². The van der Waals surface area contributed by atoms with Crippen LogP contribution in [0.1, 0.15) is 20.3 Å². The lowest BCUT2D eigenvalue weighted by molar-refractivity contribution is 0.871. The van der Waals surface area contributed by atoms with E-state index in [0.717, 1.165) is 4.05 Å². The van der Waals surface area contributed by atoms with Gasteiger partial charge in [-0.1, -0.05) is 20.3 Å². The second kappa shape index (κ2) is 7.25. The van der Waals surface area contributed by atoms with Gasteiger partial charge >= 0.3 is 20.4 Å². The van der Waals surface area contributed by atoms with Gasteiger partial charge in [0.1, 0.15) is 0 Å². The smallest absolute Gasteiger partial charge is 0.157 e. The van der Waals surface area contributed by atoms with Crippen molar-refractivity contribution in [2.24, 2.45) is 0 Å². The Morgan fingerprint density at radius 2 is 2.00 bits per heavy atom. The predicted octanol–water partition coefficient (Wildman–Crippen LogP) is 2.54. The van der Waals surface area contributed by atoms with Crippen LogP contribution in [0.3, 0.4) is 0 Å². The lowest BCUT2D eigenvalue weighted by Gasteiger charge is -1.97. The lowest BCUT2D eigenvalue weighted by Crippen LogP contribution is -1.89. The number of hydrogen-bond donors (Lipinski definition) is 0. The quantitative estimate of drug-likeness (QED) is 0.569. The van der Waals surface area contributed by atoms with Crippen molar-refractivity contribution in [1.82, 2.24) is 0 Å². The standard InChI is InChI=1S/C4H9.CH3.BrH.Mg/c1-3-4-2;;;/h3H,4H2,1-2H3;1H3;1H;. The molecule has 0 bridgehead atoms. The molecule has 1 unspecified atom stereocenters. The van der Waals surface area contributed by atoms with E-state index in [0.29, 0.717) is 20.4 Å². The first kappa shape index (κ1) is 11.1. The molecule has 0 aliphatic rings. The van der Waals surface area contributed by atoms with E-state index in [9.17, 15) is 0 Å². The van der Waals surface area contributed by atoms with Gasteiger partial charge in [0.2, 0.25) is 0 Å². The molecule has 0 saturated heterocycles. The zero-order chi connectivity index (χ0) is 4.99. The molecular formula is C5H13BrMg. The van der Waals surface area contributed by atoms with Gasteiger partial charge < -0.3 is 0 Å². The van der Waals surface area contributed by atoms with Crippen LogP contribution in [0.2, 0.25) is 9.10 Å². The molecule has 42 valence electrons. The van der Waals surface area contributed by atoms with Gasteiger partial charge in [0.05, 0.1) is 0 Å². The first-order valence-corrected chi connectivity index (χ1v) is 5.04.